The van der Waals surface area contributed by atoms with Gasteiger partial charge in [-0.2, -0.15) is 4.68 Å². The van der Waals surface area contributed by atoms with Crippen LogP contribution >= 0.6 is 11.6 Å². The molecule has 3 aromatic rings. The van der Waals surface area contributed by atoms with Crippen molar-refractivity contribution in [3.8, 4) is 11.5 Å². The van der Waals surface area contributed by atoms with E-state index in [9.17, 15) is 4.79 Å². The van der Waals surface area contributed by atoms with Crippen molar-refractivity contribution in [1.29, 1.82) is 0 Å². The van der Waals surface area contributed by atoms with Crippen LogP contribution < -0.4 is 14.8 Å². The lowest BCUT2D eigenvalue weighted by Gasteiger charge is -2.37. The van der Waals surface area contributed by atoms with Crippen LogP contribution in [0.1, 0.15) is 50.8 Å². The summed E-state index contributed by atoms with van der Waals surface area (Å²) in [4.78, 5) is 13.3. The SMILES string of the molecule is CCOc1cc(C2C3=C(CC(C)(C)CC3=O)Nc3nnnn32)ccc1OCc1ccccc1Cl. The molecule has 2 heterocycles. The number of rotatable bonds is 6. The molecule has 1 aliphatic heterocycles. The molecule has 2 aromatic carbocycles. The monoisotopic (exact) mass is 479 g/mol. The number of nitrogens with zero attached hydrogens (tertiary/aromatic N) is 4. The third-order valence-corrected chi connectivity index (χ3v) is 6.49. The van der Waals surface area contributed by atoms with E-state index in [-0.39, 0.29) is 11.2 Å². The molecule has 8 nitrogen and oxygen atoms in total. The van der Waals surface area contributed by atoms with E-state index in [1.807, 2.05) is 49.4 Å². The summed E-state index contributed by atoms with van der Waals surface area (Å²) in [6, 6.07) is 12.8. The average Bonchev–Trinajstić information content (AvgIpc) is 3.25. The molecule has 9 heteroatoms. The fourth-order valence-electron chi connectivity index (χ4n) is 4.63. The van der Waals surface area contributed by atoms with Crippen molar-refractivity contribution in [2.45, 2.75) is 46.3 Å². The molecule has 34 heavy (non-hydrogen) atoms. The van der Waals surface area contributed by atoms with Gasteiger partial charge in [-0.25, -0.2) is 0 Å². The van der Waals surface area contributed by atoms with Crippen LogP contribution in [-0.2, 0) is 11.4 Å². The van der Waals surface area contributed by atoms with Crippen LogP contribution in [0, 0.1) is 5.41 Å². The van der Waals surface area contributed by atoms with Crippen LogP contribution in [0.3, 0.4) is 0 Å². The van der Waals surface area contributed by atoms with Crippen LogP contribution in [0.5, 0.6) is 11.5 Å². The maximum absolute atomic E-state index is 13.3. The number of Topliss-reactive ketones (excluding diaryl/α,β-unsaturated/α-hetero) is 1. The number of hydrogen-bond donors (Lipinski definition) is 1. The lowest BCUT2D eigenvalue weighted by molar-refractivity contribution is -0.118. The molecule has 1 aromatic heterocycles. The van der Waals surface area contributed by atoms with Crippen molar-refractivity contribution in [3.63, 3.8) is 0 Å². The maximum atomic E-state index is 13.3. The number of hydrogen-bond acceptors (Lipinski definition) is 7. The summed E-state index contributed by atoms with van der Waals surface area (Å²) >= 11 is 6.28. The van der Waals surface area contributed by atoms with Crippen LogP contribution in [0.2, 0.25) is 5.02 Å². The first-order chi connectivity index (χ1) is 16.4. The summed E-state index contributed by atoms with van der Waals surface area (Å²) in [5.74, 6) is 1.81. The first kappa shape index (κ1) is 22.4. The number of fused-ring (bicyclic) bond motifs is 1. The Balaban J connectivity index is 1.52. The van der Waals surface area contributed by atoms with E-state index in [2.05, 4.69) is 34.7 Å². The molecule has 2 aliphatic rings. The van der Waals surface area contributed by atoms with Gasteiger partial charge in [0, 0.05) is 28.3 Å². The molecule has 0 radical (unpaired) electrons. The van der Waals surface area contributed by atoms with Gasteiger partial charge in [-0.05, 0) is 52.9 Å². The molecule has 0 spiro atoms. The first-order valence-corrected chi connectivity index (χ1v) is 11.7. The molecule has 0 fully saturated rings. The highest BCUT2D eigenvalue weighted by molar-refractivity contribution is 6.31. The van der Waals surface area contributed by atoms with Gasteiger partial charge in [-0.3, -0.25) is 4.79 Å². The third-order valence-electron chi connectivity index (χ3n) is 6.12. The Morgan fingerprint density at radius 3 is 2.76 bits per heavy atom. The number of ether oxygens (including phenoxy) is 2. The van der Waals surface area contributed by atoms with E-state index >= 15 is 0 Å². The Bertz CT molecular complexity index is 1280. The first-order valence-electron chi connectivity index (χ1n) is 11.3. The molecule has 0 saturated carbocycles. The Kier molecular flexibility index (Phi) is 5.77. The number of carbonyl (C=O) groups is 1. The Labute approximate surface area is 202 Å². The molecule has 1 unspecified atom stereocenters. The summed E-state index contributed by atoms with van der Waals surface area (Å²) in [5, 5.41) is 16.1. The molecule has 0 saturated heterocycles. The molecule has 1 atom stereocenters. The Morgan fingerprint density at radius 2 is 1.97 bits per heavy atom. The van der Waals surface area contributed by atoms with Crippen LogP contribution in [-0.4, -0.2) is 32.6 Å². The number of tetrazole rings is 1. The van der Waals surface area contributed by atoms with E-state index in [1.54, 1.807) is 4.68 Å². The number of nitrogens with one attached hydrogen (secondary N) is 1. The number of halogens is 1. The zero-order chi connectivity index (χ0) is 23.9. The third kappa shape index (κ3) is 4.14. The molecule has 5 rings (SSSR count). The van der Waals surface area contributed by atoms with Gasteiger partial charge in [0.05, 0.1) is 6.61 Å². The largest absolute Gasteiger partial charge is 0.490 e. The standard InChI is InChI=1S/C25H26ClN5O3/c1-4-33-21-11-15(9-10-20(21)34-14-16-7-5-6-8-17(16)26)23-22-18(12-25(2,3)13-19(22)32)27-24-28-29-30-31(23)24/h5-11,23H,4,12-14H2,1-3H3,(H,27,28,30). The van der Waals surface area contributed by atoms with Crippen molar-refractivity contribution >= 4 is 23.3 Å². The van der Waals surface area contributed by atoms with E-state index in [4.69, 9.17) is 21.1 Å². The Morgan fingerprint density at radius 1 is 1.15 bits per heavy atom. The second-order valence-corrected chi connectivity index (χ2v) is 9.73. The smallest absolute Gasteiger partial charge is 0.248 e. The summed E-state index contributed by atoms with van der Waals surface area (Å²) in [6.45, 7) is 6.90. The number of ketones is 1. The minimum atomic E-state index is -0.443. The van der Waals surface area contributed by atoms with Crippen LogP contribution in [0.15, 0.2) is 53.7 Å². The van der Waals surface area contributed by atoms with Crippen molar-refractivity contribution in [3.05, 3.63) is 69.9 Å². The van der Waals surface area contributed by atoms with Gasteiger partial charge in [-0.15, -0.1) is 0 Å². The van der Waals surface area contributed by atoms with Gasteiger partial charge in [-0.1, -0.05) is 54.8 Å². The predicted octanol–water partition coefficient (Wildman–Crippen LogP) is 4.96. The van der Waals surface area contributed by atoms with E-state index in [1.165, 1.54) is 0 Å². The number of allylic oxidation sites excluding steroid dienone is 2. The second kappa shape index (κ2) is 8.76. The van der Waals surface area contributed by atoms with Crippen LogP contribution in [0.25, 0.3) is 0 Å². The average molecular weight is 480 g/mol. The summed E-state index contributed by atoms with van der Waals surface area (Å²) in [5.41, 5.74) is 3.19. The summed E-state index contributed by atoms with van der Waals surface area (Å²) < 4.78 is 13.6. The highest BCUT2D eigenvalue weighted by atomic mass is 35.5. The number of carbonyl (C=O) groups excluding carboxylic acids is 1. The van der Waals surface area contributed by atoms with Gasteiger partial charge < -0.3 is 14.8 Å². The summed E-state index contributed by atoms with van der Waals surface area (Å²) in [6.07, 6.45) is 1.22. The highest BCUT2D eigenvalue weighted by Gasteiger charge is 2.42. The van der Waals surface area contributed by atoms with Crippen LogP contribution in [0.4, 0.5) is 5.95 Å². The number of anilines is 1. The van der Waals surface area contributed by atoms with Gasteiger partial charge in [0.2, 0.25) is 5.95 Å². The number of aromatic nitrogens is 4. The molecule has 176 valence electrons. The predicted molar refractivity (Wildman–Crippen MR) is 128 cm³/mol. The van der Waals surface area contributed by atoms with Gasteiger partial charge in [0.25, 0.3) is 0 Å². The quantitative estimate of drug-likeness (QED) is 0.534. The maximum Gasteiger partial charge on any atom is 0.248 e. The fourth-order valence-corrected chi connectivity index (χ4v) is 4.82. The van der Waals surface area contributed by atoms with Gasteiger partial charge >= 0.3 is 0 Å². The normalized spacial score (nSPS) is 18.7. The minimum absolute atomic E-state index is 0.0990. The molecule has 1 aliphatic carbocycles. The molecule has 0 bridgehead atoms. The topological polar surface area (TPSA) is 91.2 Å². The Hall–Kier alpha value is -3.39. The summed E-state index contributed by atoms with van der Waals surface area (Å²) in [7, 11) is 0. The van der Waals surface area contributed by atoms with Gasteiger partial charge in [0.15, 0.2) is 17.3 Å². The fraction of sp³-hybridized carbons (Fsp3) is 0.360. The van der Waals surface area contributed by atoms with E-state index in [0.717, 1.165) is 23.2 Å². The van der Waals surface area contributed by atoms with E-state index < -0.39 is 6.04 Å². The molecular formula is C25H26ClN5O3. The van der Waals surface area contributed by atoms with Crippen molar-refractivity contribution in [1.82, 2.24) is 20.2 Å². The minimum Gasteiger partial charge on any atom is -0.490 e. The lowest BCUT2D eigenvalue weighted by atomic mass is 9.73. The van der Waals surface area contributed by atoms with Crippen molar-refractivity contribution < 1.29 is 14.3 Å². The molecule has 0 amide bonds. The zero-order valence-corrected chi connectivity index (χ0v) is 20.1. The molecular weight excluding hydrogens is 454 g/mol. The van der Waals surface area contributed by atoms with Gasteiger partial charge in [0.1, 0.15) is 12.6 Å². The lowest BCUT2D eigenvalue weighted by Crippen LogP contribution is -2.36. The van der Waals surface area contributed by atoms with Crippen molar-refractivity contribution in [2.24, 2.45) is 5.41 Å². The highest BCUT2D eigenvalue weighted by Crippen LogP contribution is 2.46. The number of benzene rings is 2. The molecule has 1 N–H and O–H groups in total. The van der Waals surface area contributed by atoms with E-state index in [0.29, 0.717) is 47.7 Å². The zero-order valence-electron chi connectivity index (χ0n) is 19.3. The second-order valence-electron chi connectivity index (χ2n) is 9.33. The van der Waals surface area contributed by atoms with Crippen molar-refractivity contribution in [2.75, 3.05) is 11.9 Å².